The minimum Gasteiger partial charge on any atom is -0.491 e. The first kappa shape index (κ1) is 12.8. The fourth-order valence-corrected chi connectivity index (χ4v) is 1.33. The lowest BCUT2D eigenvalue weighted by Crippen LogP contribution is -2.11. The molecule has 0 saturated heterocycles. The van der Waals surface area contributed by atoms with Gasteiger partial charge in [-0.2, -0.15) is 5.26 Å². The zero-order valence-corrected chi connectivity index (χ0v) is 10.1. The summed E-state index contributed by atoms with van der Waals surface area (Å²) in [5.41, 5.74) is 0.451. The van der Waals surface area contributed by atoms with Crippen molar-refractivity contribution in [1.29, 1.82) is 5.26 Å². The highest BCUT2D eigenvalue weighted by Gasteiger charge is 2.01. The molecule has 1 aromatic rings. The van der Waals surface area contributed by atoms with Crippen LogP contribution < -0.4 is 4.74 Å². The maximum atomic E-state index is 8.69. The molecule has 0 aliphatic heterocycles. The predicted molar refractivity (Wildman–Crippen MR) is 62.8 cm³/mol. The summed E-state index contributed by atoms with van der Waals surface area (Å²) >= 11 is 5.86. The van der Waals surface area contributed by atoms with Crippen molar-refractivity contribution in [2.45, 2.75) is 20.0 Å². The summed E-state index contributed by atoms with van der Waals surface area (Å²) in [5.74, 6) is 0.649. The molecule has 4 heteroatoms. The first-order valence-electron chi connectivity index (χ1n) is 5.07. The number of benzene rings is 1. The topological polar surface area (TPSA) is 42.2 Å². The third kappa shape index (κ3) is 4.09. The summed E-state index contributed by atoms with van der Waals surface area (Å²) < 4.78 is 10.7. The first-order chi connectivity index (χ1) is 7.63. The second kappa shape index (κ2) is 6.37. The second-order valence-corrected chi connectivity index (χ2v) is 3.93. The van der Waals surface area contributed by atoms with Gasteiger partial charge < -0.3 is 9.47 Å². The van der Waals surface area contributed by atoms with E-state index in [0.29, 0.717) is 29.5 Å². The van der Waals surface area contributed by atoms with Crippen LogP contribution in [0.1, 0.15) is 19.4 Å². The van der Waals surface area contributed by atoms with E-state index in [1.165, 1.54) is 0 Å². The van der Waals surface area contributed by atoms with E-state index >= 15 is 0 Å². The normalized spacial score (nSPS) is 10.2. The van der Waals surface area contributed by atoms with Crippen molar-refractivity contribution in [3.63, 3.8) is 0 Å². The van der Waals surface area contributed by atoms with Crippen molar-refractivity contribution in [1.82, 2.24) is 0 Å². The number of hydrogen-bond acceptors (Lipinski definition) is 3. The Morgan fingerprint density at radius 3 is 2.69 bits per heavy atom. The molecule has 0 heterocycles. The van der Waals surface area contributed by atoms with Gasteiger partial charge in [-0.25, -0.2) is 0 Å². The maximum absolute atomic E-state index is 8.69. The first-order valence-corrected chi connectivity index (χ1v) is 5.45. The van der Waals surface area contributed by atoms with E-state index in [9.17, 15) is 0 Å². The lowest BCUT2D eigenvalue weighted by Gasteiger charge is -2.09. The Morgan fingerprint density at radius 2 is 2.12 bits per heavy atom. The van der Waals surface area contributed by atoms with Crippen molar-refractivity contribution >= 4 is 11.6 Å². The van der Waals surface area contributed by atoms with Crippen LogP contribution in [-0.4, -0.2) is 19.3 Å². The number of halogens is 1. The van der Waals surface area contributed by atoms with Gasteiger partial charge >= 0.3 is 0 Å². The Kier molecular flexibility index (Phi) is 5.10. The molecule has 3 nitrogen and oxygen atoms in total. The maximum Gasteiger partial charge on any atom is 0.120 e. The minimum absolute atomic E-state index is 0.202. The highest BCUT2D eigenvalue weighted by Crippen LogP contribution is 2.21. The third-order valence-electron chi connectivity index (χ3n) is 1.86. The van der Waals surface area contributed by atoms with Crippen LogP contribution in [0.3, 0.4) is 0 Å². The fourth-order valence-electron chi connectivity index (χ4n) is 1.12. The molecule has 0 spiro atoms. The van der Waals surface area contributed by atoms with Crippen LogP contribution in [0.5, 0.6) is 5.75 Å². The molecule has 0 aliphatic rings. The van der Waals surface area contributed by atoms with Gasteiger partial charge in [-0.3, -0.25) is 0 Å². The van der Waals surface area contributed by atoms with E-state index < -0.39 is 0 Å². The molecule has 0 atom stereocenters. The molecule has 1 rings (SSSR count). The molecule has 0 aliphatic carbocycles. The second-order valence-electron chi connectivity index (χ2n) is 3.52. The van der Waals surface area contributed by atoms with E-state index in [2.05, 4.69) is 0 Å². The van der Waals surface area contributed by atoms with Gasteiger partial charge in [-0.05, 0) is 26.0 Å². The largest absolute Gasteiger partial charge is 0.491 e. The summed E-state index contributed by atoms with van der Waals surface area (Å²) in [4.78, 5) is 0. The van der Waals surface area contributed by atoms with Crippen LogP contribution in [0.2, 0.25) is 5.02 Å². The molecule has 0 fully saturated rings. The minimum atomic E-state index is 0.202. The number of rotatable bonds is 5. The third-order valence-corrected chi connectivity index (χ3v) is 2.18. The quantitative estimate of drug-likeness (QED) is 0.742. The van der Waals surface area contributed by atoms with Gasteiger partial charge in [0.25, 0.3) is 0 Å². The lowest BCUT2D eigenvalue weighted by molar-refractivity contribution is 0.0553. The monoisotopic (exact) mass is 239 g/mol. The zero-order chi connectivity index (χ0) is 12.0. The van der Waals surface area contributed by atoms with E-state index in [1.807, 2.05) is 19.9 Å². The van der Waals surface area contributed by atoms with Crippen molar-refractivity contribution in [3.05, 3.63) is 28.8 Å². The Labute approximate surface area is 101 Å². The van der Waals surface area contributed by atoms with Gasteiger partial charge in [0.2, 0.25) is 0 Å². The summed E-state index contributed by atoms with van der Waals surface area (Å²) in [6.07, 6.45) is 0.202. The molecular weight excluding hydrogens is 226 g/mol. The van der Waals surface area contributed by atoms with Gasteiger partial charge in [0, 0.05) is 6.07 Å². The number of nitrogens with zero attached hydrogens (tertiary/aromatic N) is 1. The molecule has 16 heavy (non-hydrogen) atoms. The van der Waals surface area contributed by atoms with E-state index in [4.69, 9.17) is 26.3 Å². The molecule has 0 amide bonds. The summed E-state index contributed by atoms with van der Waals surface area (Å²) in [6.45, 7) is 4.95. The Morgan fingerprint density at radius 1 is 1.38 bits per heavy atom. The summed E-state index contributed by atoms with van der Waals surface area (Å²) in [7, 11) is 0. The highest BCUT2D eigenvalue weighted by molar-refractivity contribution is 6.31. The molecule has 86 valence electrons. The van der Waals surface area contributed by atoms with Gasteiger partial charge in [-0.15, -0.1) is 0 Å². The average Bonchev–Trinajstić information content (AvgIpc) is 2.24. The van der Waals surface area contributed by atoms with Crippen molar-refractivity contribution < 1.29 is 9.47 Å². The SMILES string of the molecule is CC(C)OCCOc1ccc(C#N)c(Cl)c1. The lowest BCUT2D eigenvalue weighted by atomic mass is 10.2. The van der Waals surface area contributed by atoms with Gasteiger partial charge in [0.1, 0.15) is 18.4 Å². The van der Waals surface area contributed by atoms with Crippen LogP contribution in [0.25, 0.3) is 0 Å². The molecule has 0 saturated carbocycles. The Bertz CT molecular complexity index is 385. The predicted octanol–water partition coefficient (Wildman–Crippen LogP) is 3.02. The molecule has 0 bridgehead atoms. The van der Waals surface area contributed by atoms with Crippen LogP contribution in [0.4, 0.5) is 0 Å². The molecular formula is C12H14ClNO2. The average molecular weight is 240 g/mol. The highest BCUT2D eigenvalue weighted by atomic mass is 35.5. The molecule has 0 radical (unpaired) electrons. The molecule has 0 unspecified atom stereocenters. The standard InChI is InChI=1S/C12H14ClNO2/c1-9(2)15-5-6-16-11-4-3-10(8-14)12(13)7-11/h3-4,7,9H,5-6H2,1-2H3. The van der Waals surface area contributed by atoms with Crippen molar-refractivity contribution in [2.75, 3.05) is 13.2 Å². The van der Waals surface area contributed by atoms with Crippen LogP contribution in [-0.2, 0) is 4.74 Å². The zero-order valence-electron chi connectivity index (χ0n) is 9.37. The Hall–Kier alpha value is -1.24. The van der Waals surface area contributed by atoms with E-state index in [-0.39, 0.29) is 6.10 Å². The van der Waals surface area contributed by atoms with Crippen molar-refractivity contribution in [3.8, 4) is 11.8 Å². The summed E-state index contributed by atoms with van der Waals surface area (Å²) in [5, 5.41) is 9.10. The van der Waals surface area contributed by atoms with E-state index in [0.717, 1.165) is 0 Å². The molecule has 0 N–H and O–H groups in total. The van der Waals surface area contributed by atoms with Gasteiger partial charge in [-0.1, -0.05) is 11.6 Å². The van der Waals surface area contributed by atoms with Crippen LogP contribution in [0, 0.1) is 11.3 Å². The fraction of sp³-hybridized carbons (Fsp3) is 0.417. The van der Waals surface area contributed by atoms with Gasteiger partial charge in [0.15, 0.2) is 0 Å². The van der Waals surface area contributed by atoms with E-state index in [1.54, 1.807) is 18.2 Å². The van der Waals surface area contributed by atoms with Crippen LogP contribution in [0.15, 0.2) is 18.2 Å². The van der Waals surface area contributed by atoms with Crippen molar-refractivity contribution in [2.24, 2.45) is 0 Å². The number of ether oxygens (including phenoxy) is 2. The molecule has 1 aromatic carbocycles. The van der Waals surface area contributed by atoms with Crippen LogP contribution >= 0.6 is 11.6 Å². The number of nitriles is 1. The summed E-state index contributed by atoms with van der Waals surface area (Å²) in [6, 6.07) is 6.99. The Balaban J connectivity index is 2.44. The number of hydrogen-bond donors (Lipinski definition) is 0. The molecule has 0 aromatic heterocycles. The smallest absolute Gasteiger partial charge is 0.120 e. The van der Waals surface area contributed by atoms with Gasteiger partial charge in [0.05, 0.1) is 23.3 Å².